The van der Waals surface area contributed by atoms with Gasteiger partial charge in [-0.3, -0.25) is 4.18 Å². The molecule has 0 spiro atoms. The lowest BCUT2D eigenvalue weighted by Crippen LogP contribution is -2.38. The van der Waals surface area contributed by atoms with E-state index in [4.69, 9.17) is 18.4 Å². The monoisotopic (exact) mass is 466 g/mol. The molecule has 1 aromatic heterocycles. The van der Waals surface area contributed by atoms with Gasteiger partial charge in [-0.25, -0.2) is 4.98 Å². The van der Waals surface area contributed by atoms with Crippen LogP contribution in [0, 0.1) is 0 Å². The van der Waals surface area contributed by atoms with Crippen LogP contribution in [0.2, 0.25) is 0 Å². The summed E-state index contributed by atoms with van der Waals surface area (Å²) in [6.07, 6.45) is 7.13. The number of ether oxygens (including phenoxy) is 3. The maximum absolute atomic E-state index is 11.4. The Morgan fingerprint density at radius 1 is 1.28 bits per heavy atom. The zero-order valence-corrected chi connectivity index (χ0v) is 19.9. The van der Waals surface area contributed by atoms with Gasteiger partial charge in [0.15, 0.2) is 5.79 Å². The van der Waals surface area contributed by atoms with Gasteiger partial charge in [0.05, 0.1) is 38.4 Å². The van der Waals surface area contributed by atoms with E-state index >= 15 is 0 Å². The van der Waals surface area contributed by atoms with Gasteiger partial charge in [0.1, 0.15) is 6.10 Å². The largest absolute Gasteiger partial charge is 0.374 e. The molecule has 0 saturated carbocycles. The average molecular weight is 467 g/mol. The Balaban J connectivity index is 1.76. The third kappa shape index (κ3) is 7.11. The fourth-order valence-electron chi connectivity index (χ4n) is 3.86. The van der Waals surface area contributed by atoms with Crippen LogP contribution in [0.25, 0.3) is 0 Å². The number of hydrogen-bond donors (Lipinski definition) is 0. The van der Waals surface area contributed by atoms with Crippen molar-refractivity contribution >= 4 is 10.1 Å². The fourth-order valence-corrected chi connectivity index (χ4v) is 4.26. The first-order chi connectivity index (χ1) is 15.3. The topological polar surface area (TPSA) is 88.9 Å². The highest BCUT2D eigenvalue weighted by atomic mass is 32.2. The first-order valence-electron chi connectivity index (χ1n) is 11.2. The molecule has 1 aromatic carbocycles. The number of aromatic nitrogens is 2. The first-order valence-corrected chi connectivity index (χ1v) is 13.0. The molecular weight excluding hydrogens is 432 g/mol. The predicted molar refractivity (Wildman–Crippen MR) is 121 cm³/mol. The van der Waals surface area contributed by atoms with Crippen LogP contribution < -0.4 is 0 Å². The predicted octanol–water partition coefficient (Wildman–Crippen LogP) is 3.48. The van der Waals surface area contributed by atoms with E-state index in [1.807, 2.05) is 29.0 Å². The van der Waals surface area contributed by atoms with Crippen LogP contribution in [0.4, 0.5) is 0 Å². The van der Waals surface area contributed by atoms with Crippen LogP contribution in [0.1, 0.15) is 50.5 Å². The molecular formula is C23H34N2O6S. The Labute approximate surface area is 191 Å². The van der Waals surface area contributed by atoms with Gasteiger partial charge in [0, 0.05) is 24.9 Å². The minimum Gasteiger partial charge on any atom is -0.374 e. The minimum atomic E-state index is -3.55. The second-order valence-corrected chi connectivity index (χ2v) is 9.77. The molecule has 3 unspecified atom stereocenters. The van der Waals surface area contributed by atoms with Gasteiger partial charge >= 0.3 is 0 Å². The second kappa shape index (κ2) is 11.4. The molecule has 8 nitrogen and oxygen atoms in total. The molecule has 0 N–H and O–H groups in total. The lowest BCUT2D eigenvalue weighted by molar-refractivity contribution is -0.189. The van der Waals surface area contributed by atoms with Crippen molar-refractivity contribution in [1.82, 2.24) is 9.55 Å². The van der Waals surface area contributed by atoms with Gasteiger partial charge in [-0.05, 0) is 24.8 Å². The molecule has 178 valence electrons. The highest BCUT2D eigenvalue weighted by Gasteiger charge is 2.43. The average Bonchev–Trinajstić information content (AvgIpc) is 3.39. The molecule has 3 atom stereocenters. The van der Waals surface area contributed by atoms with Gasteiger partial charge in [0.25, 0.3) is 10.1 Å². The lowest BCUT2D eigenvalue weighted by Gasteiger charge is -2.31. The number of aryl methyl sites for hydroxylation is 1. The van der Waals surface area contributed by atoms with E-state index in [1.165, 1.54) is 0 Å². The van der Waals surface area contributed by atoms with Crippen molar-refractivity contribution in [2.45, 2.75) is 64.1 Å². The molecule has 1 saturated heterocycles. The van der Waals surface area contributed by atoms with Crippen molar-refractivity contribution in [2.24, 2.45) is 0 Å². The number of hydrogen-bond acceptors (Lipinski definition) is 7. The molecule has 2 heterocycles. The van der Waals surface area contributed by atoms with E-state index in [0.29, 0.717) is 26.0 Å². The van der Waals surface area contributed by atoms with Gasteiger partial charge < -0.3 is 18.8 Å². The van der Waals surface area contributed by atoms with E-state index in [0.717, 1.165) is 30.4 Å². The van der Waals surface area contributed by atoms with E-state index in [1.54, 1.807) is 6.33 Å². The standard InChI is InChI=1S/C23H34N2O6S/c1-4-13-28-22(19-9-7-6-8-10-19)11-12-23(17-25-18-24-14-20(25)5-2)29-15-21(31-23)16-30-32(3,26)27/h6-10,14,18,21-22H,4-5,11-13,15-17H2,1-3H3. The quantitative estimate of drug-likeness (QED) is 0.418. The van der Waals surface area contributed by atoms with Crippen LogP contribution in [0.5, 0.6) is 0 Å². The van der Waals surface area contributed by atoms with E-state index in [2.05, 4.69) is 31.0 Å². The van der Waals surface area contributed by atoms with Gasteiger partial charge in [0.2, 0.25) is 0 Å². The van der Waals surface area contributed by atoms with E-state index in [-0.39, 0.29) is 19.3 Å². The summed E-state index contributed by atoms with van der Waals surface area (Å²) in [4.78, 5) is 4.26. The third-order valence-corrected chi connectivity index (χ3v) is 6.00. The summed E-state index contributed by atoms with van der Waals surface area (Å²) >= 11 is 0. The summed E-state index contributed by atoms with van der Waals surface area (Å²) in [5, 5.41) is 0. The van der Waals surface area contributed by atoms with Gasteiger partial charge in [-0.15, -0.1) is 0 Å². The summed E-state index contributed by atoms with van der Waals surface area (Å²) < 4.78 is 48.4. The molecule has 0 amide bonds. The van der Waals surface area contributed by atoms with Crippen molar-refractivity contribution in [3.05, 3.63) is 54.1 Å². The van der Waals surface area contributed by atoms with Crippen molar-refractivity contribution < 1.29 is 26.8 Å². The van der Waals surface area contributed by atoms with Crippen LogP contribution in [-0.2, 0) is 41.5 Å². The number of rotatable bonds is 13. The summed E-state index contributed by atoms with van der Waals surface area (Å²) in [6.45, 7) is 5.48. The van der Waals surface area contributed by atoms with E-state index < -0.39 is 22.0 Å². The van der Waals surface area contributed by atoms with Gasteiger partial charge in [-0.1, -0.05) is 44.2 Å². The van der Waals surface area contributed by atoms with Crippen molar-refractivity contribution in [3.8, 4) is 0 Å². The molecule has 0 aliphatic carbocycles. The van der Waals surface area contributed by atoms with Crippen molar-refractivity contribution in [1.29, 1.82) is 0 Å². The van der Waals surface area contributed by atoms with Crippen LogP contribution in [-0.4, -0.2) is 55.9 Å². The molecule has 1 fully saturated rings. The normalized spacial score (nSPS) is 22.3. The smallest absolute Gasteiger partial charge is 0.264 e. The highest BCUT2D eigenvalue weighted by molar-refractivity contribution is 7.85. The van der Waals surface area contributed by atoms with Crippen molar-refractivity contribution in [2.75, 3.05) is 26.1 Å². The molecule has 1 aliphatic rings. The summed E-state index contributed by atoms with van der Waals surface area (Å²) in [5.74, 6) is -0.918. The SMILES string of the molecule is CCCOC(CCC1(Cn2cncc2CC)OCC(COS(C)(=O)=O)O1)c1ccccc1. The Morgan fingerprint density at radius 3 is 2.75 bits per heavy atom. The van der Waals surface area contributed by atoms with E-state index in [9.17, 15) is 8.42 Å². The van der Waals surface area contributed by atoms with Crippen LogP contribution in [0.3, 0.4) is 0 Å². The molecule has 3 rings (SSSR count). The number of nitrogens with zero attached hydrogens (tertiary/aromatic N) is 2. The molecule has 0 radical (unpaired) electrons. The molecule has 9 heteroatoms. The molecule has 2 aromatic rings. The zero-order chi connectivity index (χ0) is 23.0. The molecule has 1 aliphatic heterocycles. The number of imidazole rings is 1. The van der Waals surface area contributed by atoms with Gasteiger partial charge in [-0.2, -0.15) is 8.42 Å². The summed E-state index contributed by atoms with van der Waals surface area (Å²) in [6, 6.07) is 10.1. The van der Waals surface area contributed by atoms with Crippen molar-refractivity contribution in [3.63, 3.8) is 0 Å². The number of benzene rings is 1. The lowest BCUT2D eigenvalue weighted by atomic mass is 10.0. The van der Waals surface area contributed by atoms with Crippen LogP contribution >= 0.6 is 0 Å². The molecule has 0 bridgehead atoms. The second-order valence-electron chi connectivity index (χ2n) is 8.13. The Hall–Kier alpha value is -1.78. The minimum absolute atomic E-state index is 0.0698. The zero-order valence-electron chi connectivity index (χ0n) is 19.1. The first kappa shape index (κ1) is 24.9. The molecule has 32 heavy (non-hydrogen) atoms. The highest BCUT2D eigenvalue weighted by Crippen LogP contribution is 2.35. The Bertz CT molecular complexity index is 933. The Morgan fingerprint density at radius 2 is 2.06 bits per heavy atom. The summed E-state index contributed by atoms with van der Waals surface area (Å²) in [7, 11) is -3.55. The summed E-state index contributed by atoms with van der Waals surface area (Å²) in [5.41, 5.74) is 2.19. The van der Waals surface area contributed by atoms with Crippen LogP contribution in [0.15, 0.2) is 42.9 Å². The Kier molecular flexibility index (Phi) is 8.84. The third-order valence-electron chi connectivity index (χ3n) is 5.44. The maximum atomic E-state index is 11.4. The maximum Gasteiger partial charge on any atom is 0.264 e. The fraction of sp³-hybridized carbons (Fsp3) is 0.609.